The lowest BCUT2D eigenvalue weighted by molar-refractivity contribution is 0.516. The summed E-state index contributed by atoms with van der Waals surface area (Å²) >= 11 is 0. The Hall–Kier alpha value is -3.86. The van der Waals surface area contributed by atoms with Crippen LogP contribution in [0, 0.1) is 0 Å². The molecule has 0 saturated heterocycles. The topological polar surface area (TPSA) is 42.6 Å². The second-order valence-corrected chi connectivity index (χ2v) is 8.07. The highest BCUT2D eigenvalue weighted by molar-refractivity contribution is 6.26. The van der Waals surface area contributed by atoms with E-state index in [4.69, 9.17) is 14.7 Å². The Kier molecular flexibility index (Phi) is 4.35. The third-order valence-corrected chi connectivity index (χ3v) is 6.28. The standard InChI is InChI=1S/C27H24N4O/c1-3-30(4-2)20-15-14-19-16-21-26-28-22-12-8-9-13-23(22)31(26)25(18-10-6-5-7-11-18)29-27(21)32-24(19)17-20/h5-17,25H,3-4H2,1-2H3/t25-/m1/s1. The average molecular weight is 421 g/mol. The highest BCUT2D eigenvalue weighted by atomic mass is 16.5. The Morgan fingerprint density at radius 2 is 1.72 bits per heavy atom. The van der Waals surface area contributed by atoms with Crippen molar-refractivity contribution in [2.45, 2.75) is 20.0 Å². The zero-order valence-electron chi connectivity index (χ0n) is 18.2. The fraction of sp³-hybridized carbons (Fsp3) is 0.185. The second-order valence-electron chi connectivity index (χ2n) is 8.07. The van der Waals surface area contributed by atoms with Crippen molar-refractivity contribution < 1.29 is 4.74 Å². The monoisotopic (exact) mass is 420 g/mol. The van der Waals surface area contributed by atoms with Gasteiger partial charge in [-0.2, -0.15) is 0 Å². The van der Waals surface area contributed by atoms with Crippen LogP contribution >= 0.6 is 0 Å². The number of aromatic nitrogens is 2. The molecule has 3 aromatic carbocycles. The van der Waals surface area contributed by atoms with Gasteiger partial charge in [0.05, 0.1) is 16.6 Å². The molecule has 0 fully saturated rings. The van der Waals surface area contributed by atoms with Gasteiger partial charge in [-0.3, -0.25) is 4.57 Å². The summed E-state index contributed by atoms with van der Waals surface area (Å²) in [6.45, 7) is 6.25. The Balaban J connectivity index is 1.55. The van der Waals surface area contributed by atoms with Gasteiger partial charge < -0.3 is 9.64 Å². The van der Waals surface area contributed by atoms with E-state index in [2.05, 4.69) is 71.9 Å². The summed E-state index contributed by atoms with van der Waals surface area (Å²) in [7, 11) is 0. The first-order valence-corrected chi connectivity index (χ1v) is 11.2. The van der Waals surface area contributed by atoms with Gasteiger partial charge >= 0.3 is 0 Å². The maximum absolute atomic E-state index is 6.42. The molecule has 0 unspecified atom stereocenters. The molecule has 5 heteroatoms. The zero-order chi connectivity index (χ0) is 21.7. The molecule has 0 spiro atoms. The predicted octanol–water partition coefficient (Wildman–Crippen LogP) is 5.77. The third kappa shape index (κ3) is 2.85. The zero-order valence-corrected chi connectivity index (χ0v) is 18.2. The third-order valence-electron chi connectivity index (χ3n) is 6.28. The highest BCUT2D eigenvalue weighted by Crippen LogP contribution is 2.41. The molecule has 32 heavy (non-hydrogen) atoms. The van der Waals surface area contributed by atoms with E-state index in [-0.39, 0.29) is 6.17 Å². The number of fused-ring (bicyclic) bond motifs is 6. The molecule has 0 bridgehead atoms. The molecule has 1 aromatic heterocycles. The van der Waals surface area contributed by atoms with Crippen molar-refractivity contribution in [1.29, 1.82) is 0 Å². The molecule has 2 aliphatic rings. The number of hydrogen-bond acceptors (Lipinski definition) is 4. The summed E-state index contributed by atoms with van der Waals surface area (Å²) in [6.07, 6.45) is 1.93. The van der Waals surface area contributed by atoms with E-state index >= 15 is 0 Å². The van der Waals surface area contributed by atoms with E-state index in [0.29, 0.717) is 5.90 Å². The number of rotatable bonds is 4. The largest absolute Gasteiger partial charge is 0.438 e. The average Bonchev–Trinajstić information content (AvgIpc) is 3.24. The lowest BCUT2D eigenvalue weighted by Crippen LogP contribution is -2.27. The smallest absolute Gasteiger partial charge is 0.228 e. The van der Waals surface area contributed by atoms with E-state index in [1.807, 2.05) is 30.3 Å². The number of para-hydroxylation sites is 2. The van der Waals surface area contributed by atoms with Gasteiger partial charge in [0, 0.05) is 30.4 Å². The molecule has 0 N–H and O–H groups in total. The maximum Gasteiger partial charge on any atom is 0.228 e. The van der Waals surface area contributed by atoms with E-state index < -0.39 is 0 Å². The van der Waals surface area contributed by atoms with E-state index in [0.717, 1.165) is 58.1 Å². The van der Waals surface area contributed by atoms with Gasteiger partial charge in [0.15, 0.2) is 6.17 Å². The van der Waals surface area contributed by atoms with Crippen LogP contribution in [0.2, 0.25) is 0 Å². The first kappa shape index (κ1) is 18.9. The van der Waals surface area contributed by atoms with Gasteiger partial charge in [-0.1, -0.05) is 42.5 Å². The number of imidazole rings is 1. The molecule has 0 amide bonds. The van der Waals surface area contributed by atoms with Crippen molar-refractivity contribution in [3.63, 3.8) is 0 Å². The predicted molar refractivity (Wildman–Crippen MR) is 130 cm³/mol. The SMILES string of the molecule is CCN(CC)c1ccc2c(c1)OC1=N[C@@H](c3ccccc3)n3c(nc4ccccc43)C1=C2. The van der Waals surface area contributed by atoms with Crippen molar-refractivity contribution in [2.24, 2.45) is 4.99 Å². The van der Waals surface area contributed by atoms with Crippen LogP contribution in [0.15, 0.2) is 77.8 Å². The summed E-state index contributed by atoms with van der Waals surface area (Å²) in [5.74, 6) is 2.36. The van der Waals surface area contributed by atoms with Crippen LogP contribution < -0.4 is 9.64 Å². The Labute approximate surface area is 187 Å². The van der Waals surface area contributed by atoms with Gasteiger partial charge in [0.1, 0.15) is 11.6 Å². The van der Waals surface area contributed by atoms with E-state index in [9.17, 15) is 0 Å². The van der Waals surface area contributed by atoms with Gasteiger partial charge in [-0.25, -0.2) is 9.98 Å². The summed E-state index contributed by atoms with van der Waals surface area (Å²) < 4.78 is 8.64. The molecule has 0 radical (unpaired) electrons. The van der Waals surface area contributed by atoms with Gasteiger partial charge in [-0.05, 0) is 49.8 Å². The normalized spacial score (nSPS) is 16.4. The quantitative estimate of drug-likeness (QED) is 0.421. The fourth-order valence-corrected chi connectivity index (χ4v) is 4.65. The number of ether oxygens (including phenoxy) is 1. The molecular weight excluding hydrogens is 396 g/mol. The minimum absolute atomic E-state index is 0.224. The lowest BCUT2D eigenvalue weighted by atomic mass is 10.0. The van der Waals surface area contributed by atoms with Crippen LogP contribution in [0.25, 0.3) is 22.7 Å². The molecule has 1 atom stereocenters. The van der Waals surface area contributed by atoms with Crippen LogP contribution in [0.5, 0.6) is 5.75 Å². The van der Waals surface area contributed by atoms with Gasteiger partial charge in [0.2, 0.25) is 5.90 Å². The van der Waals surface area contributed by atoms with Crippen molar-refractivity contribution in [2.75, 3.05) is 18.0 Å². The number of anilines is 1. The van der Waals surface area contributed by atoms with Crippen LogP contribution in [-0.4, -0.2) is 28.5 Å². The molecule has 158 valence electrons. The number of benzene rings is 3. The number of aliphatic imine (C=N–C) groups is 1. The Morgan fingerprint density at radius 3 is 2.53 bits per heavy atom. The van der Waals surface area contributed by atoms with Crippen molar-refractivity contribution in [3.8, 4) is 5.75 Å². The lowest BCUT2D eigenvalue weighted by Gasteiger charge is -2.29. The van der Waals surface area contributed by atoms with Crippen LogP contribution in [-0.2, 0) is 0 Å². The molecule has 6 rings (SSSR count). The first-order chi connectivity index (χ1) is 15.8. The molecule has 0 saturated carbocycles. The minimum atomic E-state index is -0.224. The second kappa shape index (κ2) is 7.38. The maximum atomic E-state index is 6.42. The summed E-state index contributed by atoms with van der Waals surface area (Å²) in [4.78, 5) is 12.4. The fourth-order valence-electron chi connectivity index (χ4n) is 4.65. The summed E-state index contributed by atoms with van der Waals surface area (Å²) in [5, 5.41) is 0. The first-order valence-electron chi connectivity index (χ1n) is 11.2. The van der Waals surface area contributed by atoms with Crippen LogP contribution in [0.1, 0.15) is 37.0 Å². The van der Waals surface area contributed by atoms with Crippen molar-refractivity contribution >= 4 is 34.3 Å². The summed E-state index contributed by atoms with van der Waals surface area (Å²) in [5.41, 5.74) is 6.28. The van der Waals surface area contributed by atoms with Crippen LogP contribution in [0.4, 0.5) is 5.69 Å². The molecule has 5 nitrogen and oxygen atoms in total. The van der Waals surface area contributed by atoms with Gasteiger partial charge in [-0.15, -0.1) is 0 Å². The molecule has 0 aliphatic carbocycles. The van der Waals surface area contributed by atoms with E-state index in [1.165, 1.54) is 0 Å². The molecular formula is C27H24N4O. The van der Waals surface area contributed by atoms with Gasteiger partial charge in [0.25, 0.3) is 0 Å². The number of hydrogen-bond donors (Lipinski definition) is 0. The van der Waals surface area contributed by atoms with E-state index in [1.54, 1.807) is 0 Å². The molecule has 3 heterocycles. The summed E-state index contributed by atoms with van der Waals surface area (Å²) in [6, 6.07) is 25.0. The Bertz CT molecular complexity index is 1380. The minimum Gasteiger partial charge on any atom is -0.438 e. The molecule has 2 aliphatic heterocycles. The van der Waals surface area contributed by atoms with Crippen molar-refractivity contribution in [3.05, 3.63) is 89.7 Å². The highest BCUT2D eigenvalue weighted by Gasteiger charge is 2.33. The van der Waals surface area contributed by atoms with Crippen LogP contribution in [0.3, 0.4) is 0 Å². The Morgan fingerprint density at radius 1 is 0.938 bits per heavy atom. The number of nitrogens with zero attached hydrogens (tertiary/aromatic N) is 4. The molecule has 4 aromatic rings. The van der Waals surface area contributed by atoms with Crippen molar-refractivity contribution in [1.82, 2.24) is 9.55 Å².